The topological polar surface area (TPSA) is 41.1 Å². The molecule has 5 aromatic heterocycles. The highest BCUT2D eigenvalue weighted by Crippen LogP contribution is 2.45. The van der Waals surface area contributed by atoms with Gasteiger partial charge < -0.3 is 22.5 Å². The Morgan fingerprint density at radius 3 is 1.27 bits per heavy atom. The van der Waals surface area contributed by atoms with Crippen molar-refractivity contribution in [1.82, 2.24) is 13.7 Å². The summed E-state index contributed by atoms with van der Waals surface area (Å²) < 4.78 is 20.6. The summed E-state index contributed by atoms with van der Waals surface area (Å²) in [6.45, 7) is 0. The molecule has 5 heteroatoms. The normalized spacial score (nSPS) is 12.4. The van der Waals surface area contributed by atoms with Gasteiger partial charge in [0, 0.05) is 60.2 Å². The van der Waals surface area contributed by atoms with Gasteiger partial charge in [-0.25, -0.2) is 0 Å². The largest absolute Gasteiger partial charge is 0.456 e. The van der Waals surface area contributed by atoms with Crippen LogP contribution < -0.4 is 0 Å². The van der Waals surface area contributed by atoms with Crippen LogP contribution in [0.5, 0.6) is 0 Å². The zero-order chi connectivity index (χ0) is 38.3. The highest BCUT2D eigenvalue weighted by molar-refractivity contribution is 6.29. The summed E-state index contributed by atoms with van der Waals surface area (Å²) in [4.78, 5) is 0. The third-order valence-corrected chi connectivity index (χ3v) is 12.6. The van der Waals surface area contributed by atoms with E-state index in [1.54, 1.807) is 0 Å². The van der Waals surface area contributed by atoms with Crippen molar-refractivity contribution >= 4 is 109 Å². The summed E-state index contributed by atoms with van der Waals surface area (Å²) in [5, 5.41) is 11.5. The average Bonchev–Trinajstić information content (AvgIpc) is 4.09. The lowest BCUT2D eigenvalue weighted by Gasteiger charge is -2.12. The van der Waals surface area contributed by atoms with Gasteiger partial charge in [0.25, 0.3) is 0 Å². The molecule has 0 aliphatic carbocycles. The molecular formula is C54H31N3O2. The van der Waals surface area contributed by atoms with E-state index in [-0.39, 0.29) is 0 Å². The van der Waals surface area contributed by atoms with E-state index in [2.05, 4.69) is 190 Å². The SMILES string of the molecule is c1cc(-n2c3ccccc3c3ccccc32)cc(-n2c3ccccc3c3c4oc5c(ccc6c5c5ccccc5n6-c5ccc6oc7ccccc7c6c5)c4ccc32)c1. The van der Waals surface area contributed by atoms with Crippen LogP contribution in [0.25, 0.3) is 126 Å². The predicted octanol–water partition coefficient (Wildman–Crippen LogP) is 14.8. The van der Waals surface area contributed by atoms with Crippen LogP contribution in [0.2, 0.25) is 0 Å². The molecule has 5 nitrogen and oxygen atoms in total. The van der Waals surface area contributed by atoms with E-state index in [0.29, 0.717) is 0 Å². The van der Waals surface area contributed by atoms with Gasteiger partial charge >= 0.3 is 0 Å². The Bertz CT molecular complexity index is 4040. The maximum atomic E-state index is 7.24. The van der Waals surface area contributed by atoms with E-state index in [1.165, 1.54) is 21.8 Å². The van der Waals surface area contributed by atoms with Crippen molar-refractivity contribution in [2.24, 2.45) is 0 Å². The Labute approximate surface area is 335 Å². The Hall–Kier alpha value is -8.02. The number of rotatable bonds is 3. The fourth-order valence-electron chi connectivity index (χ4n) is 10.2. The lowest BCUT2D eigenvalue weighted by molar-refractivity contribution is 0.669. The molecule has 0 saturated carbocycles. The Kier molecular flexibility index (Phi) is 5.96. The van der Waals surface area contributed by atoms with E-state index < -0.39 is 0 Å². The van der Waals surface area contributed by atoms with E-state index in [4.69, 9.17) is 8.83 Å². The monoisotopic (exact) mass is 753 g/mol. The van der Waals surface area contributed by atoms with E-state index in [9.17, 15) is 0 Å². The van der Waals surface area contributed by atoms with Crippen LogP contribution in [-0.4, -0.2) is 13.7 Å². The van der Waals surface area contributed by atoms with E-state index in [1.807, 2.05) is 12.1 Å². The van der Waals surface area contributed by atoms with Gasteiger partial charge in [0.05, 0.1) is 43.9 Å². The minimum absolute atomic E-state index is 0.886. The summed E-state index contributed by atoms with van der Waals surface area (Å²) in [7, 11) is 0. The first-order valence-electron chi connectivity index (χ1n) is 20.1. The average molecular weight is 754 g/mol. The number of nitrogens with zero attached hydrogens (tertiary/aromatic N) is 3. The van der Waals surface area contributed by atoms with Crippen LogP contribution in [0.3, 0.4) is 0 Å². The second kappa shape index (κ2) is 11.3. The van der Waals surface area contributed by atoms with Crippen LogP contribution in [0.4, 0.5) is 0 Å². The molecule has 0 bridgehead atoms. The zero-order valence-electron chi connectivity index (χ0n) is 31.6. The van der Waals surface area contributed by atoms with Gasteiger partial charge in [-0.15, -0.1) is 0 Å². The molecule has 0 aliphatic rings. The van der Waals surface area contributed by atoms with Gasteiger partial charge in [-0.2, -0.15) is 0 Å². The number of para-hydroxylation sites is 5. The predicted molar refractivity (Wildman–Crippen MR) is 244 cm³/mol. The van der Waals surface area contributed by atoms with Crippen LogP contribution in [-0.2, 0) is 0 Å². The first-order valence-corrected chi connectivity index (χ1v) is 20.1. The first kappa shape index (κ1) is 31.1. The molecule has 0 radical (unpaired) electrons. The molecular weight excluding hydrogens is 723 g/mol. The third kappa shape index (κ3) is 4.08. The van der Waals surface area contributed by atoms with Gasteiger partial charge in [0.1, 0.15) is 22.3 Å². The van der Waals surface area contributed by atoms with Crippen molar-refractivity contribution in [3.05, 3.63) is 188 Å². The molecule has 9 aromatic carbocycles. The standard InChI is InChI=1S/C54H31N3O2/c1-6-19-43-35(14-1)36-15-2-7-20-44(36)55(43)32-12-11-13-33(30-32)56-45-21-8-3-17-40(45)51-47(56)27-25-38-39-26-28-48-52(54(39)59-53(38)51)41-18-4-9-22-46(41)57(48)34-24-29-50-42(31-34)37-16-5-10-23-49(37)58-50/h1-31H. The highest BCUT2D eigenvalue weighted by atomic mass is 16.3. The quantitative estimate of drug-likeness (QED) is 0.180. The number of hydrogen-bond donors (Lipinski definition) is 0. The van der Waals surface area contributed by atoms with Crippen LogP contribution in [0.15, 0.2) is 197 Å². The minimum Gasteiger partial charge on any atom is -0.456 e. The van der Waals surface area contributed by atoms with Gasteiger partial charge in [-0.1, -0.05) is 97.1 Å². The zero-order valence-corrected chi connectivity index (χ0v) is 31.6. The van der Waals surface area contributed by atoms with Gasteiger partial charge in [-0.05, 0) is 91.0 Å². The minimum atomic E-state index is 0.886. The molecule has 0 fully saturated rings. The lowest BCUT2D eigenvalue weighted by Crippen LogP contribution is -1.98. The Balaban J connectivity index is 1.02. The third-order valence-electron chi connectivity index (χ3n) is 12.6. The van der Waals surface area contributed by atoms with Gasteiger partial charge in [0.15, 0.2) is 0 Å². The molecule has 274 valence electrons. The molecule has 0 atom stereocenters. The van der Waals surface area contributed by atoms with Crippen molar-refractivity contribution < 1.29 is 8.83 Å². The maximum Gasteiger partial charge on any atom is 0.145 e. The first-order chi connectivity index (χ1) is 29.3. The molecule has 0 unspecified atom stereocenters. The molecule has 14 rings (SSSR count). The van der Waals surface area contributed by atoms with Crippen LogP contribution >= 0.6 is 0 Å². The van der Waals surface area contributed by atoms with Gasteiger partial charge in [0.2, 0.25) is 0 Å². The molecule has 0 saturated heterocycles. The number of benzene rings is 9. The van der Waals surface area contributed by atoms with Gasteiger partial charge in [-0.3, -0.25) is 0 Å². The summed E-state index contributed by atoms with van der Waals surface area (Å²) in [6, 6.07) is 67.5. The van der Waals surface area contributed by atoms with Crippen LogP contribution in [0, 0.1) is 0 Å². The second-order valence-electron chi connectivity index (χ2n) is 15.6. The summed E-state index contributed by atoms with van der Waals surface area (Å²) >= 11 is 0. The molecule has 0 spiro atoms. The Morgan fingerprint density at radius 2 is 0.695 bits per heavy atom. The lowest BCUT2D eigenvalue weighted by atomic mass is 10.1. The fraction of sp³-hybridized carbons (Fsp3) is 0. The van der Waals surface area contributed by atoms with E-state index in [0.717, 1.165) is 105 Å². The summed E-state index contributed by atoms with van der Waals surface area (Å²) in [6.07, 6.45) is 0. The Morgan fingerprint density at radius 1 is 0.254 bits per heavy atom. The highest BCUT2D eigenvalue weighted by Gasteiger charge is 2.23. The molecule has 0 N–H and O–H groups in total. The smallest absolute Gasteiger partial charge is 0.145 e. The molecule has 0 amide bonds. The van der Waals surface area contributed by atoms with E-state index >= 15 is 0 Å². The van der Waals surface area contributed by atoms with Crippen molar-refractivity contribution in [2.75, 3.05) is 0 Å². The number of fused-ring (bicyclic) bond motifs is 17. The van der Waals surface area contributed by atoms with Crippen molar-refractivity contribution in [2.45, 2.75) is 0 Å². The molecule has 59 heavy (non-hydrogen) atoms. The number of hydrogen-bond acceptors (Lipinski definition) is 2. The maximum absolute atomic E-state index is 7.24. The van der Waals surface area contributed by atoms with Crippen LogP contribution in [0.1, 0.15) is 0 Å². The van der Waals surface area contributed by atoms with Crippen molar-refractivity contribution in [1.29, 1.82) is 0 Å². The van der Waals surface area contributed by atoms with Crippen molar-refractivity contribution in [3.63, 3.8) is 0 Å². The number of aromatic nitrogens is 3. The molecule has 14 aromatic rings. The number of furan rings is 2. The molecule has 5 heterocycles. The molecule has 0 aliphatic heterocycles. The fourth-order valence-corrected chi connectivity index (χ4v) is 10.2. The summed E-state index contributed by atoms with van der Waals surface area (Å²) in [5.41, 5.74) is 13.8. The second-order valence-corrected chi connectivity index (χ2v) is 15.6. The summed E-state index contributed by atoms with van der Waals surface area (Å²) in [5.74, 6) is 0. The van der Waals surface area contributed by atoms with Crippen molar-refractivity contribution in [3.8, 4) is 17.1 Å².